The number of rotatable bonds is 8. The Hall–Kier alpha value is -7.62. The summed E-state index contributed by atoms with van der Waals surface area (Å²) in [5, 5.41) is 4.98. The number of hydrogen-bond acceptors (Lipinski definition) is 2. The summed E-state index contributed by atoms with van der Waals surface area (Å²) in [7, 11) is 0. The van der Waals surface area contributed by atoms with Gasteiger partial charge in [0.15, 0.2) is 0 Å². The van der Waals surface area contributed by atoms with Crippen LogP contribution < -0.4 is 25.9 Å². The van der Waals surface area contributed by atoms with Gasteiger partial charge < -0.3 is 9.47 Å². The van der Waals surface area contributed by atoms with Gasteiger partial charge in [0.05, 0.1) is 0 Å². The van der Waals surface area contributed by atoms with Gasteiger partial charge in [-0.3, -0.25) is 0 Å². The van der Waals surface area contributed by atoms with Gasteiger partial charge in [0.2, 0.25) is 0 Å². The molecule has 0 atom stereocenters. The van der Waals surface area contributed by atoms with Crippen molar-refractivity contribution in [1.82, 2.24) is 0 Å². The maximum Gasteiger partial charge on any atom is 0.260 e. The van der Waals surface area contributed by atoms with E-state index < -0.39 is 0 Å². The van der Waals surface area contributed by atoms with Crippen molar-refractivity contribution in [2.75, 3.05) is 0 Å². The molecule has 0 N–H and O–H groups in total. The van der Waals surface area contributed by atoms with Gasteiger partial charge in [-0.05, 0) is 130 Å². The molecule has 68 heavy (non-hydrogen) atoms. The fraction of sp³-hybridized carbons (Fsp3) is 0.138. The Labute approximate surface area is 401 Å². The molecule has 0 saturated carbocycles. The van der Waals surface area contributed by atoms with E-state index in [1.807, 2.05) is 0 Å². The molecule has 0 spiro atoms. The highest BCUT2D eigenvalue weighted by Gasteiger charge is 2.42. The molecule has 0 amide bonds. The van der Waals surface area contributed by atoms with Crippen LogP contribution in [0.3, 0.4) is 0 Å². The fourth-order valence-electron chi connectivity index (χ4n) is 11.1. The number of benzene rings is 10. The first-order valence-electron chi connectivity index (χ1n) is 24.1. The number of hydrogen-bond donors (Lipinski definition) is 0. The first kappa shape index (κ1) is 41.8. The van der Waals surface area contributed by atoms with Gasteiger partial charge in [-0.15, -0.1) is 0 Å². The molecule has 0 aliphatic carbocycles. The van der Waals surface area contributed by atoms with Gasteiger partial charge >= 0.3 is 0 Å². The summed E-state index contributed by atoms with van der Waals surface area (Å²) in [6, 6.07) is 75.7. The molecule has 2 heterocycles. The Morgan fingerprint density at radius 3 is 1.21 bits per heavy atom. The molecule has 10 aromatic carbocycles. The van der Waals surface area contributed by atoms with E-state index in [1.165, 1.54) is 71.6 Å². The summed E-state index contributed by atoms with van der Waals surface area (Å²) < 4.78 is 14.2. The van der Waals surface area contributed by atoms with Crippen LogP contribution in [0.15, 0.2) is 206 Å². The zero-order chi connectivity index (χ0) is 46.3. The largest absolute Gasteiger partial charge is 0.458 e. The Morgan fingerprint density at radius 2 is 0.750 bits per heavy atom. The molecule has 328 valence electrons. The summed E-state index contributed by atoms with van der Waals surface area (Å²) in [5.41, 5.74) is 16.4. The highest BCUT2D eigenvalue weighted by Crippen LogP contribution is 2.47. The van der Waals surface area contributed by atoms with Crippen LogP contribution in [-0.2, 0) is 10.8 Å². The van der Waals surface area contributed by atoms with Crippen LogP contribution in [0, 0.1) is 0 Å². The second kappa shape index (κ2) is 16.0. The van der Waals surface area contributed by atoms with Crippen LogP contribution >= 0.6 is 0 Å². The molecular weight excluding hydrogens is 824 g/mol. The van der Waals surface area contributed by atoms with Gasteiger partial charge in [0.25, 0.3) is 6.71 Å². The van der Waals surface area contributed by atoms with Crippen molar-refractivity contribution in [2.24, 2.45) is 0 Å². The van der Waals surface area contributed by atoms with E-state index >= 15 is 0 Å². The zero-order valence-corrected chi connectivity index (χ0v) is 39.6. The molecular formula is C65H53BO2. The van der Waals surface area contributed by atoms with Crippen LogP contribution in [0.5, 0.6) is 23.0 Å². The van der Waals surface area contributed by atoms with Crippen LogP contribution in [-0.4, -0.2) is 6.71 Å². The second-order valence-corrected chi connectivity index (χ2v) is 20.2. The standard InChI is InChI=1S/C65H53BO2/c1-41(2)43-34-44(36-46(35-43)62-53-28-18-16-26-51(53)61(42-20-10-7-11-21-42)52-27-17-19-29-54(52)62)45-37-59-63-60(38-45)68-58-33-31-50(65(5,6)48-24-14-9-15-25-48)40-56(58)66(63)55-39-49(30-32-57(55)67-59)64(3,4)47-22-12-8-13-23-47/h7-41H,1-6H3. The van der Waals surface area contributed by atoms with E-state index in [0.717, 1.165) is 50.5 Å². The monoisotopic (exact) mass is 876 g/mol. The lowest BCUT2D eigenvalue weighted by Crippen LogP contribution is -2.57. The van der Waals surface area contributed by atoms with Gasteiger partial charge in [-0.25, -0.2) is 0 Å². The maximum absolute atomic E-state index is 7.12. The smallest absolute Gasteiger partial charge is 0.260 e. The predicted octanol–water partition coefficient (Wildman–Crippen LogP) is 15.5. The molecule has 12 rings (SSSR count). The minimum atomic E-state index is -0.230. The normalized spacial score (nSPS) is 12.9. The Kier molecular flexibility index (Phi) is 9.85. The van der Waals surface area contributed by atoms with Gasteiger partial charge in [0, 0.05) is 16.3 Å². The molecule has 0 unspecified atom stereocenters. The predicted molar refractivity (Wildman–Crippen MR) is 287 cm³/mol. The third-order valence-corrected chi connectivity index (χ3v) is 15.1. The zero-order valence-electron chi connectivity index (χ0n) is 39.6. The topological polar surface area (TPSA) is 18.5 Å². The molecule has 2 aliphatic heterocycles. The number of fused-ring (bicyclic) bond motifs is 6. The van der Waals surface area contributed by atoms with E-state index in [0.29, 0.717) is 5.92 Å². The van der Waals surface area contributed by atoms with E-state index in [1.54, 1.807) is 0 Å². The maximum atomic E-state index is 7.12. The average molecular weight is 877 g/mol. The summed E-state index contributed by atoms with van der Waals surface area (Å²) in [5.74, 6) is 3.73. The van der Waals surface area contributed by atoms with Crippen molar-refractivity contribution in [3.05, 3.63) is 234 Å². The Balaban J connectivity index is 1.05. The van der Waals surface area contributed by atoms with Crippen LogP contribution in [0.4, 0.5) is 0 Å². The molecule has 0 saturated heterocycles. The van der Waals surface area contributed by atoms with Gasteiger partial charge in [-0.1, -0.05) is 217 Å². The average Bonchev–Trinajstić information content (AvgIpc) is 3.38. The van der Waals surface area contributed by atoms with Gasteiger partial charge in [-0.2, -0.15) is 0 Å². The van der Waals surface area contributed by atoms with Crippen molar-refractivity contribution in [3.8, 4) is 56.4 Å². The molecule has 0 fully saturated rings. The molecule has 10 aromatic rings. The summed E-state index contributed by atoms with van der Waals surface area (Å²) >= 11 is 0. The van der Waals surface area contributed by atoms with Crippen LogP contribution in [0.25, 0.3) is 54.9 Å². The first-order chi connectivity index (χ1) is 33.0. The van der Waals surface area contributed by atoms with Crippen LogP contribution in [0.1, 0.15) is 75.3 Å². The third-order valence-electron chi connectivity index (χ3n) is 15.1. The minimum absolute atomic E-state index is 0.0991. The third kappa shape index (κ3) is 6.78. The Bertz CT molecular complexity index is 3410. The van der Waals surface area contributed by atoms with E-state index in [9.17, 15) is 0 Å². The highest BCUT2D eigenvalue weighted by atomic mass is 16.5. The molecule has 3 heteroatoms. The Morgan fingerprint density at radius 1 is 0.353 bits per heavy atom. The quantitative estimate of drug-likeness (QED) is 0.112. The lowest BCUT2D eigenvalue weighted by molar-refractivity contribution is 0.464. The second-order valence-electron chi connectivity index (χ2n) is 20.2. The summed E-state index contributed by atoms with van der Waals surface area (Å²) in [6.45, 7) is 13.8. The first-order valence-corrected chi connectivity index (χ1v) is 24.1. The van der Waals surface area contributed by atoms with Crippen molar-refractivity contribution >= 4 is 44.6 Å². The van der Waals surface area contributed by atoms with Gasteiger partial charge in [0.1, 0.15) is 23.0 Å². The molecule has 2 aliphatic rings. The highest BCUT2D eigenvalue weighted by molar-refractivity contribution is 6.98. The molecule has 0 aromatic heterocycles. The van der Waals surface area contributed by atoms with Crippen molar-refractivity contribution in [2.45, 2.75) is 58.3 Å². The number of ether oxygens (including phenoxy) is 2. The lowest BCUT2D eigenvalue weighted by Gasteiger charge is -2.36. The van der Waals surface area contributed by atoms with Crippen molar-refractivity contribution < 1.29 is 9.47 Å². The van der Waals surface area contributed by atoms with E-state index in [4.69, 9.17) is 9.47 Å². The molecule has 2 nitrogen and oxygen atoms in total. The summed E-state index contributed by atoms with van der Waals surface area (Å²) in [6.07, 6.45) is 0. The minimum Gasteiger partial charge on any atom is -0.458 e. The SMILES string of the molecule is CC(C)c1cc(-c2cc3c4c(c2)Oc2ccc(C(C)(C)c5ccccc5)cc2B4c2cc(C(C)(C)c4ccccc4)ccc2O3)cc(-c2c3ccccc3c(-c3ccccc3)c3ccccc23)c1. The van der Waals surface area contributed by atoms with Crippen molar-refractivity contribution in [3.63, 3.8) is 0 Å². The van der Waals surface area contributed by atoms with Crippen molar-refractivity contribution in [1.29, 1.82) is 0 Å². The lowest BCUT2D eigenvalue weighted by atomic mass is 9.34. The molecule has 0 radical (unpaired) electrons. The fourth-order valence-corrected chi connectivity index (χ4v) is 11.1. The van der Waals surface area contributed by atoms with E-state index in [-0.39, 0.29) is 17.5 Å². The molecule has 0 bridgehead atoms. The summed E-state index contributed by atoms with van der Waals surface area (Å²) in [4.78, 5) is 0. The van der Waals surface area contributed by atoms with E-state index in [2.05, 4.69) is 248 Å². The van der Waals surface area contributed by atoms with Crippen LogP contribution in [0.2, 0.25) is 0 Å².